The summed E-state index contributed by atoms with van der Waals surface area (Å²) in [5, 5.41) is 14.7. The molecule has 188 valence electrons. The van der Waals surface area contributed by atoms with Crippen LogP contribution in [0.25, 0.3) is 11.4 Å². The largest absolute Gasteiger partial charge is 0.392 e. The van der Waals surface area contributed by atoms with Crippen LogP contribution in [0, 0.1) is 5.82 Å². The number of fused-ring (bicyclic) bond motifs is 1. The molecule has 0 radical (unpaired) electrons. The number of nitrogen functional groups attached to an aromatic ring is 1. The number of nitrogens with zero attached hydrogens (tertiary/aromatic N) is 6. The first-order chi connectivity index (χ1) is 17.9. The maximum Gasteiger partial charge on any atom is 0.261 e. The van der Waals surface area contributed by atoms with E-state index in [9.17, 15) is 9.90 Å². The summed E-state index contributed by atoms with van der Waals surface area (Å²) in [4.78, 5) is 28.1. The lowest BCUT2D eigenvalue weighted by atomic mass is 9.93. The summed E-state index contributed by atoms with van der Waals surface area (Å²) in [6.45, 7) is 0.00647. The number of rotatable bonds is 6. The van der Waals surface area contributed by atoms with Crippen molar-refractivity contribution in [2.75, 3.05) is 17.2 Å². The van der Waals surface area contributed by atoms with E-state index in [0.29, 0.717) is 47.9 Å². The fourth-order valence-electron chi connectivity index (χ4n) is 5.03. The van der Waals surface area contributed by atoms with Crippen molar-refractivity contribution < 1.29 is 14.3 Å². The highest BCUT2D eigenvalue weighted by Crippen LogP contribution is 2.42. The number of carbonyl (C=O) groups excluding carboxylic acids is 1. The molecule has 9 nitrogen and oxygen atoms in total. The highest BCUT2D eigenvalue weighted by Gasteiger charge is 2.33. The molecule has 0 unspecified atom stereocenters. The maximum absolute atomic E-state index is 15.1. The molecule has 2 aromatic heterocycles. The number of nitrogens with two attached hydrogens (primary N) is 1. The molecule has 4 aromatic rings. The van der Waals surface area contributed by atoms with Gasteiger partial charge in [-0.1, -0.05) is 18.2 Å². The third kappa shape index (κ3) is 4.33. The number of benzene rings is 2. The van der Waals surface area contributed by atoms with Crippen LogP contribution in [0.5, 0.6) is 0 Å². The second-order valence-electron chi connectivity index (χ2n) is 9.57. The molecular formula is C27H26FN7O2. The topological polar surface area (TPSA) is 123 Å². The first kappa shape index (κ1) is 23.2. The fraction of sp³-hybridized carbons (Fsp3) is 0.296. The smallest absolute Gasteiger partial charge is 0.261 e. The zero-order valence-corrected chi connectivity index (χ0v) is 20.4. The van der Waals surface area contributed by atoms with Crippen molar-refractivity contribution in [2.24, 2.45) is 7.05 Å². The Morgan fingerprint density at radius 3 is 2.73 bits per heavy atom. The molecule has 2 aliphatic rings. The van der Waals surface area contributed by atoms with Crippen molar-refractivity contribution in [3.05, 3.63) is 82.2 Å². The molecule has 0 bridgehead atoms. The van der Waals surface area contributed by atoms with Crippen LogP contribution < -0.4 is 10.6 Å². The third-order valence-electron chi connectivity index (χ3n) is 6.95. The van der Waals surface area contributed by atoms with Crippen molar-refractivity contribution in [3.8, 4) is 11.4 Å². The Kier molecular flexibility index (Phi) is 5.68. The maximum atomic E-state index is 15.1. The summed E-state index contributed by atoms with van der Waals surface area (Å²) in [7, 11) is 1.83. The van der Waals surface area contributed by atoms with Crippen LogP contribution in [0.3, 0.4) is 0 Å². The normalized spacial score (nSPS) is 15.2. The predicted molar refractivity (Wildman–Crippen MR) is 135 cm³/mol. The highest BCUT2D eigenvalue weighted by molar-refractivity contribution is 6.09. The molecule has 1 saturated carbocycles. The van der Waals surface area contributed by atoms with Crippen LogP contribution in [-0.4, -0.2) is 42.3 Å². The van der Waals surface area contributed by atoms with Gasteiger partial charge in [-0.25, -0.2) is 9.37 Å². The number of amides is 1. The Bertz CT molecular complexity index is 1530. The summed E-state index contributed by atoms with van der Waals surface area (Å²) < 4.78 is 16.8. The van der Waals surface area contributed by atoms with Crippen LogP contribution in [0.4, 0.5) is 16.0 Å². The monoisotopic (exact) mass is 499 g/mol. The van der Waals surface area contributed by atoms with Gasteiger partial charge in [0.15, 0.2) is 5.82 Å². The first-order valence-electron chi connectivity index (χ1n) is 12.3. The van der Waals surface area contributed by atoms with E-state index >= 15 is 4.39 Å². The molecule has 3 N–H and O–H groups in total. The Balaban J connectivity index is 1.37. The van der Waals surface area contributed by atoms with Crippen LogP contribution in [-0.2, 0) is 26.5 Å². The van der Waals surface area contributed by atoms with Crippen LogP contribution in [0.2, 0.25) is 0 Å². The fourth-order valence-corrected chi connectivity index (χ4v) is 5.03. The molecule has 1 aliphatic heterocycles. The van der Waals surface area contributed by atoms with Gasteiger partial charge in [-0.15, -0.1) is 0 Å². The number of halogens is 1. The number of aromatic nitrogens is 5. The molecule has 2 aromatic carbocycles. The van der Waals surface area contributed by atoms with Crippen LogP contribution in [0.1, 0.15) is 57.3 Å². The highest BCUT2D eigenvalue weighted by atomic mass is 19.1. The first-order valence-corrected chi connectivity index (χ1v) is 12.3. The molecule has 1 amide bonds. The van der Waals surface area contributed by atoms with Crippen molar-refractivity contribution in [3.63, 3.8) is 0 Å². The van der Waals surface area contributed by atoms with E-state index in [2.05, 4.69) is 20.1 Å². The van der Waals surface area contributed by atoms with Crippen LogP contribution >= 0.6 is 0 Å². The molecule has 10 heteroatoms. The van der Waals surface area contributed by atoms with E-state index in [-0.39, 0.29) is 23.9 Å². The van der Waals surface area contributed by atoms with E-state index in [1.165, 1.54) is 11.0 Å². The Morgan fingerprint density at radius 1 is 1.16 bits per heavy atom. The van der Waals surface area contributed by atoms with E-state index < -0.39 is 11.7 Å². The summed E-state index contributed by atoms with van der Waals surface area (Å²) in [5.74, 6) is 0.267. The Hall–Kier alpha value is -4.18. The van der Waals surface area contributed by atoms with Gasteiger partial charge in [-0.2, -0.15) is 15.1 Å². The minimum atomic E-state index is -0.486. The molecular weight excluding hydrogens is 473 g/mol. The van der Waals surface area contributed by atoms with Gasteiger partial charge < -0.3 is 15.7 Å². The van der Waals surface area contributed by atoms with E-state index in [1.54, 1.807) is 22.9 Å². The number of anilines is 2. The minimum Gasteiger partial charge on any atom is -0.392 e. The molecule has 6 rings (SSSR count). The summed E-state index contributed by atoms with van der Waals surface area (Å²) in [6, 6.07) is 10.6. The Labute approximate surface area is 212 Å². The number of carbonyl (C=O) groups is 1. The zero-order chi connectivity index (χ0) is 25.7. The second kappa shape index (κ2) is 9.04. The summed E-state index contributed by atoms with van der Waals surface area (Å²) >= 11 is 0. The molecule has 0 spiro atoms. The minimum absolute atomic E-state index is 0.0433. The quantitative estimate of drug-likeness (QED) is 0.418. The third-order valence-corrected chi connectivity index (χ3v) is 6.95. The molecule has 1 fully saturated rings. The number of aliphatic hydroxyl groups is 1. The second-order valence-corrected chi connectivity index (χ2v) is 9.57. The molecule has 0 saturated heterocycles. The molecule has 37 heavy (non-hydrogen) atoms. The van der Waals surface area contributed by atoms with Crippen LogP contribution in [0.15, 0.2) is 42.6 Å². The van der Waals surface area contributed by atoms with Gasteiger partial charge in [0.05, 0.1) is 30.0 Å². The predicted octanol–water partition coefficient (Wildman–Crippen LogP) is 3.16. The zero-order valence-electron chi connectivity index (χ0n) is 20.4. The van der Waals surface area contributed by atoms with Gasteiger partial charge in [-0.05, 0) is 54.5 Å². The van der Waals surface area contributed by atoms with E-state index in [0.717, 1.165) is 29.7 Å². The number of hydrogen-bond donors (Lipinski definition) is 2. The lowest BCUT2D eigenvalue weighted by molar-refractivity contribution is 0.0976. The average Bonchev–Trinajstić information content (AvgIpc) is 3.65. The van der Waals surface area contributed by atoms with Gasteiger partial charge in [0.2, 0.25) is 5.95 Å². The lowest BCUT2D eigenvalue weighted by Crippen LogP contribution is -2.39. The lowest BCUT2D eigenvalue weighted by Gasteiger charge is -2.31. The van der Waals surface area contributed by atoms with Gasteiger partial charge >= 0.3 is 0 Å². The molecule has 0 atom stereocenters. The molecule has 3 heterocycles. The van der Waals surface area contributed by atoms with E-state index in [4.69, 9.17) is 5.73 Å². The average molecular weight is 500 g/mol. The van der Waals surface area contributed by atoms with E-state index in [1.807, 2.05) is 25.4 Å². The van der Waals surface area contributed by atoms with Crippen molar-refractivity contribution in [1.82, 2.24) is 24.7 Å². The molecule has 1 aliphatic carbocycles. The van der Waals surface area contributed by atoms with Gasteiger partial charge in [0.25, 0.3) is 5.91 Å². The van der Waals surface area contributed by atoms with Gasteiger partial charge in [0, 0.05) is 30.9 Å². The number of aliphatic hydroxyl groups excluding tert-OH is 1. The summed E-state index contributed by atoms with van der Waals surface area (Å²) in [5.41, 5.74) is 10.1. The number of aryl methyl sites for hydroxylation is 1. The number of hydrogen-bond acceptors (Lipinski definition) is 7. The summed E-state index contributed by atoms with van der Waals surface area (Å²) in [6.07, 6.45) is 4.85. The SMILES string of the molecule is Cn1ccc(Cc2nc(N)nc(-c3cccc(N4CCc5cc(C6CC6)cc(F)c5C4=O)c3CO)n2)n1. The van der Waals surface area contributed by atoms with Crippen molar-refractivity contribution in [1.29, 1.82) is 0 Å². The standard InChI is InChI=1S/C27H26FN7O2/c1-34-9-8-18(33-34)13-23-30-25(32-27(29)31-23)19-3-2-4-22(20(19)14-36)35-10-7-16-11-17(15-5-6-15)12-21(28)24(16)26(35)37/h2-4,8-9,11-12,15,36H,5-7,10,13-14H2,1H3,(H2,29,30,31,32). The van der Waals surface area contributed by atoms with Crippen molar-refractivity contribution >= 4 is 17.5 Å². The van der Waals surface area contributed by atoms with Gasteiger partial charge in [-0.3, -0.25) is 9.48 Å². The van der Waals surface area contributed by atoms with Gasteiger partial charge in [0.1, 0.15) is 11.6 Å². The van der Waals surface area contributed by atoms with Crippen molar-refractivity contribution in [2.45, 2.75) is 38.2 Å². The Morgan fingerprint density at radius 2 is 2.00 bits per heavy atom.